The summed E-state index contributed by atoms with van der Waals surface area (Å²) in [6.45, 7) is 4.47. The fourth-order valence-corrected chi connectivity index (χ4v) is 1.00. The predicted molar refractivity (Wildman–Crippen MR) is 30.9 cm³/mol. The van der Waals surface area contributed by atoms with E-state index in [9.17, 15) is 0 Å². The van der Waals surface area contributed by atoms with Gasteiger partial charge in [0.15, 0.2) is 0 Å². The molecule has 7 heavy (non-hydrogen) atoms. The Balaban J connectivity index is 2.20. The fourth-order valence-electron chi connectivity index (χ4n) is 1.00. The maximum absolute atomic E-state index is 5.57. The molecule has 1 aliphatic rings. The van der Waals surface area contributed by atoms with Crippen molar-refractivity contribution in [3.8, 4) is 0 Å². The lowest BCUT2D eigenvalue weighted by molar-refractivity contribution is 0.547. The van der Waals surface area contributed by atoms with Gasteiger partial charge in [-0.05, 0) is 18.3 Å². The van der Waals surface area contributed by atoms with Crippen LogP contribution in [-0.4, -0.2) is 6.04 Å². The summed E-state index contributed by atoms with van der Waals surface area (Å²) in [4.78, 5) is 0. The second-order valence-corrected chi connectivity index (χ2v) is 2.81. The van der Waals surface area contributed by atoms with Crippen LogP contribution in [-0.2, 0) is 0 Å². The van der Waals surface area contributed by atoms with E-state index in [0.717, 1.165) is 11.8 Å². The molecule has 0 radical (unpaired) electrons. The van der Waals surface area contributed by atoms with Crippen molar-refractivity contribution in [3.05, 3.63) is 0 Å². The highest BCUT2D eigenvalue weighted by molar-refractivity contribution is 4.91. The highest BCUT2D eigenvalue weighted by Crippen LogP contribution is 2.34. The van der Waals surface area contributed by atoms with E-state index < -0.39 is 0 Å². The number of nitrogens with two attached hydrogens (primary N) is 1. The largest absolute Gasteiger partial charge is 0.327 e. The molecule has 1 saturated carbocycles. The van der Waals surface area contributed by atoms with Crippen LogP contribution in [0.3, 0.4) is 0 Å². The highest BCUT2D eigenvalue weighted by Gasteiger charge is 2.35. The van der Waals surface area contributed by atoms with Crippen LogP contribution in [0.25, 0.3) is 0 Å². The van der Waals surface area contributed by atoms with Crippen LogP contribution in [0.1, 0.15) is 20.3 Å². The number of hydrogen-bond acceptors (Lipinski definition) is 1. The molecule has 0 bridgehead atoms. The molecule has 0 saturated heterocycles. The van der Waals surface area contributed by atoms with E-state index in [-0.39, 0.29) is 0 Å². The van der Waals surface area contributed by atoms with Crippen LogP contribution in [0.5, 0.6) is 0 Å². The van der Waals surface area contributed by atoms with Gasteiger partial charge in [0, 0.05) is 6.04 Å². The van der Waals surface area contributed by atoms with Crippen LogP contribution < -0.4 is 5.73 Å². The quantitative estimate of drug-likeness (QED) is 0.521. The van der Waals surface area contributed by atoms with Crippen molar-refractivity contribution < 1.29 is 0 Å². The zero-order valence-electron chi connectivity index (χ0n) is 5.02. The molecule has 0 amide bonds. The third kappa shape index (κ3) is 0.942. The second kappa shape index (κ2) is 1.48. The van der Waals surface area contributed by atoms with Gasteiger partial charge in [-0.25, -0.2) is 0 Å². The van der Waals surface area contributed by atoms with Crippen LogP contribution >= 0.6 is 0 Å². The third-order valence-corrected chi connectivity index (χ3v) is 1.75. The van der Waals surface area contributed by atoms with Crippen molar-refractivity contribution in [1.82, 2.24) is 0 Å². The normalized spacial score (nSPS) is 39.4. The van der Waals surface area contributed by atoms with Crippen molar-refractivity contribution in [2.75, 3.05) is 0 Å². The Bertz CT molecular complexity index is 68.6. The Hall–Kier alpha value is -0.0400. The topological polar surface area (TPSA) is 26.0 Å². The van der Waals surface area contributed by atoms with Gasteiger partial charge in [-0.15, -0.1) is 0 Å². The molecule has 1 heteroatoms. The van der Waals surface area contributed by atoms with Crippen molar-refractivity contribution >= 4 is 0 Å². The van der Waals surface area contributed by atoms with Crippen LogP contribution in [0, 0.1) is 11.8 Å². The van der Waals surface area contributed by atoms with E-state index in [0.29, 0.717) is 6.04 Å². The highest BCUT2D eigenvalue weighted by atomic mass is 14.7. The third-order valence-electron chi connectivity index (χ3n) is 1.75. The molecular formula is C6H13N. The molecular weight excluding hydrogens is 86.1 g/mol. The zero-order chi connectivity index (χ0) is 5.44. The first kappa shape index (κ1) is 5.10. The molecule has 1 rings (SSSR count). The zero-order valence-corrected chi connectivity index (χ0v) is 5.02. The molecule has 1 aliphatic carbocycles. The summed E-state index contributed by atoms with van der Waals surface area (Å²) < 4.78 is 0. The van der Waals surface area contributed by atoms with Crippen molar-refractivity contribution in [2.24, 2.45) is 17.6 Å². The second-order valence-electron chi connectivity index (χ2n) is 2.81. The number of rotatable bonds is 1. The van der Waals surface area contributed by atoms with Gasteiger partial charge in [0.1, 0.15) is 0 Å². The minimum atomic E-state index is 0.542. The molecule has 2 atom stereocenters. The summed E-state index contributed by atoms with van der Waals surface area (Å²) in [5.41, 5.74) is 5.57. The Morgan fingerprint density at radius 1 is 1.57 bits per heavy atom. The van der Waals surface area contributed by atoms with Gasteiger partial charge in [0.05, 0.1) is 0 Å². The van der Waals surface area contributed by atoms with Gasteiger partial charge in [-0.1, -0.05) is 13.8 Å². The molecule has 0 spiro atoms. The first-order chi connectivity index (χ1) is 3.22. The summed E-state index contributed by atoms with van der Waals surface area (Å²) in [7, 11) is 0. The number of hydrogen-bond donors (Lipinski definition) is 1. The predicted octanol–water partition coefficient (Wildman–Crippen LogP) is 0.990. The summed E-state index contributed by atoms with van der Waals surface area (Å²) in [5, 5.41) is 0. The van der Waals surface area contributed by atoms with Gasteiger partial charge in [0.2, 0.25) is 0 Å². The molecule has 0 unspecified atom stereocenters. The average Bonchev–Trinajstić information content (AvgIpc) is 2.17. The molecule has 0 heterocycles. The lowest BCUT2D eigenvalue weighted by Crippen LogP contribution is -2.05. The first-order valence-corrected chi connectivity index (χ1v) is 2.97. The SMILES string of the molecule is CC(C)[C@@H]1C[C@H]1N. The maximum Gasteiger partial charge on any atom is 0.00735 e. The maximum atomic E-state index is 5.57. The molecule has 0 aromatic rings. The van der Waals surface area contributed by atoms with E-state index in [1.54, 1.807) is 0 Å². The molecule has 42 valence electrons. The van der Waals surface area contributed by atoms with Gasteiger partial charge < -0.3 is 5.73 Å². The van der Waals surface area contributed by atoms with Gasteiger partial charge in [-0.3, -0.25) is 0 Å². The summed E-state index contributed by atoms with van der Waals surface area (Å²) >= 11 is 0. The van der Waals surface area contributed by atoms with E-state index in [2.05, 4.69) is 13.8 Å². The Morgan fingerprint density at radius 3 is 2.00 bits per heavy atom. The molecule has 0 aromatic heterocycles. The van der Waals surface area contributed by atoms with Crippen LogP contribution in [0.2, 0.25) is 0 Å². The lowest BCUT2D eigenvalue weighted by Gasteiger charge is -1.96. The minimum absolute atomic E-state index is 0.542. The molecule has 0 aromatic carbocycles. The van der Waals surface area contributed by atoms with E-state index >= 15 is 0 Å². The van der Waals surface area contributed by atoms with Gasteiger partial charge >= 0.3 is 0 Å². The van der Waals surface area contributed by atoms with E-state index in [1.165, 1.54) is 6.42 Å². The smallest absolute Gasteiger partial charge is 0.00735 e. The van der Waals surface area contributed by atoms with Crippen LogP contribution in [0.15, 0.2) is 0 Å². The van der Waals surface area contributed by atoms with Crippen molar-refractivity contribution in [1.29, 1.82) is 0 Å². The molecule has 1 fully saturated rings. The van der Waals surface area contributed by atoms with Crippen LogP contribution in [0.4, 0.5) is 0 Å². The standard InChI is InChI=1S/C6H13N/c1-4(2)5-3-6(5)7/h4-6H,3,7H2,1-2H3/t5-,6+/m0/s1. The molecule has 0 aliphatic heterocycles. The fraction of sp³-hybridized carbons (Fsp3) is 1.00. The summed E-state index contributed by atoms with van der Waals surface area (Å²) in [6.07, 6.45) is 1.26. The molecule has 1 nitrogen and oxygen atoms in total. The average molecular weight is 99.2 g/mol. The van der Waals surface area contributed by atoms with Crippen molar-refractivity contribution in [3.63, 3.8) is 0 Å². The van der Waals surface area contributed by atoms with Gasteiger partial charge in [-0.2, -0.15) is 0 Å². The van der Waals surface area contributed by atoms with E-state index in [4.69, 9.17) is 5.73 Å². The van der Waals surface area contributed by atoms with Crippen molar-refractivity contribution in [2.45, 2.75) is 26.3 Å². The summed E-state index contributed by atoms with van der Waals surface area (Å²) in [5.74, 6) is 1.66. The Labute approximate surface area is 44.9 Å². The monoisotopic (exact) mass is 99.1 g/mol. The Kier molecular flexibility index (Phi) is 1.08. The Morgan fingerprint density at radius 2 is 2.00 bits per heavy atom. The molecule has 2 N–H and O–H groups in total. The lowest BCUT2D eigenvalue weighted by atomic mass is 10.1. The summed E-state index contributed by atoms with van der Waals surface area (Å²) in [6, 6.07) is 0.542. The minimum Gasteiger partial charge on any atom is -0.327 e. The van der Waals surface area contributed by atoms with E-state index in [1.807, 2.05) is 0 Å². The van der Waals surface area contributed by atoms with Gasteiger partial charge in [0.25, 0.3) is 0 Å². The first-order valence-electron chi connectivity index (χ1n) is 2.97.